The van der Waals surface area contributed by atoms with E-state index in [1.807, 2.05) is 0 Å². The average molecular weight is 318 g/mol. The minimum atomic E-state index is -4.79. The largest absolute Gasteiger partial charge is 1.00 e. The summed E-state index contributed by atoms with van der Waals surface area (Å²) in [6, 6.07) is 0. The van der Waals surface area contributed by atoms with Crippen molar-refractivity contribution < 1.29 is 68.8 Å². The number of hydrogen-bond donors (Lipinski definition) is 0. The fourth-order valence-corrected chi connectivity index (χ4v) is 3.23. The van der Waals surface area contributed by atoms with E-state index in [1.165, 1.54) is 6.08 Å². The Labute approximate surface area is 158 Å². The van der Waals surface area contributed by atoms with Crippen LogP contribution >= 0.6 is 0 Å². The standard InChI is InChI=1S/C12H23BF3OSi.K/c1-12(2,3)18(4,5)17-11-8-6-10(7-9-11)13(14,15)16;/h6,11H,7-9H2,1-5H3;/q-1;+1. The van der Waals surface area contributed by atoms with Crippen LogP contribution in [0.2, 0.25) is 18.1 Å². The van der Waals surface area contributed by atoms with E-state index in [0.29, 0.717) is 12.8 Å². The van der Waals surface area contributed by atoms with E-state index in [-0.39, 0.29) is 74.4 Å². The summed E-state index contributed by atoms with van der Waals surface area (Å²) < 4.78 is 43.8. The molecule has 1 rings (SSSR count). The van der Waals surface area contributed by atoms with Gasteiger partial charge in [0, 0.05) is 6.10 Å². The molecule has 1 atom stereocenters. The van der Waals surface area contributed by atoms with Gasteiger partial charge in [-0.25, -0.2) is 0 Å². The van der Waals surface area contributed by atoms with Crippen molar-refractivity contribution in [3.05, 3.63) is 11.5 Å². The van der Waals surface area contributed by atoms with Gasteiger partial charge in [0.1, 0.15) is 0 Å². The van der Waals surface area contributed by atoms with Crippen molar-refractivity contribution in [3.8, 4) is 0 Å². The average Bonchev–Trinajstić information content (AvgIpc) is 2.14. The minimum absolute atomic E-state index is 0. The maximum atomic E-state index is 12.6. The Morgan fingerprint density at radius 3 is 2.11 bits per heavy atom. The van der Waals surface area contributed by atoms with Gasteiger partial charge in [-0.3, -0.25) is 0 Å². The Kier molecular flexibility index (Phi) is 7.64. The minimum Gasteiger partial charge on any atom is -0.445 e. The summed E-state index contributed by atoms with van der Waals surface area (Å²) in [5.41, 5.74) is -0.329. The molecular formula is C12H23BF3KOSi. The fourth-order valence-electron chi connectivity index (χ4n) is 1.83. The van der Waals surface area contributed by atoms with Gasteiger partial charge in [-0.1, -0.05) is 27.2 Å². The number of allylic oxidation sites excluding steroid dienone is 1. The van der Waals surface area contributed by atoms with Crippen LogP contribution in [0.4, 0.5) is 12.9 Å². The first-order valence-electron chi connectivity index (χ1n) is 6.50. The molecule has 0 saturated carbocycles. The molecule has 0 saturated heterocycles. The first-order valence-corrected chi connectivity index (χ1v) is 9.41. The van der Waals surface area contributed by atoms with E-state index in [0.717, 1.165) is 0 Å². The summed E-state index contributed by atoms with van der Waals surface area (Å²) in [7, 11) is -1.87. The number of hydrogen-bond acceptors (Lipinski definition) is 1. The molecule has 0 N–H and O–H groups in total. The van der Waals surface area contributed by atoms with Gasteiger partial charge in [0.2, 0.25) is 0 Å². The third-order valence-electron chi connectivity index (χ3n) is 4.09. The van der Waals surface area contributed by atoms with Gasteiger partial charge in [0.15, 0.2) is 8.32 Å². The second-order valence-electron chi connectivity index (χ2n) is 6.63. The molecule has 106 valence electrons. The normalized spacial score (nSPS) is 21.7. The smallest absolute Gasteiger partial charge is 0.445 e. The molecule has 0 amide bonds. The molecule has 1 unspecified atom stereocenters. The molecule has 0 aromatic heterocycles. The van der Waals surface area contributed by atoms with Crippen molar-refractivity contribution in [1.82, 2.24) is 0 Å². The third-order valence-corrected chi connectivity index (χ3v) is 8.62. The SMILES string of the molecule is CC(C)(C)[Si](C)(C)OC1CC=C([B-](F)(F)F)CC1.[K+]. The Hall–Kier alpha value is 1.41. The van der Waals surface area contributed by atoms with E-state index < -0.39 is 15.3 Å². The van der Waals surface area contributed by atoms with Gasteiger partial charge in [0.05, 0.1) is 0 Å². The predicted molar refractivity (Wildman–Crippen MR) is 73.1 cm³/mol. The molecule has 1 aliphatic rings. The second-order valence-corrected chi connectivity index (χ2v) is 11.4. The Morgan fingerprint density at radius 2 is 1.79 bits per heavy atom. The zero-order valence-corrected chi connectivity index (χ0v) is 17.0. The van der Waals surface area contributed by atoms with Gasteiger partial charge in [-0.2, -0.15) is 0 Å². The molecule has 7 heteroatoms. The predicted octanol–water partition coefficient (Wildman–Crippen LogP) is 1.88. The topological polar surface area (TPSA) is 9.23 Å². The van der Waals surface area contributed by atoms with Crippen LogP contribution in [0.15, 0.2) is 11.5 Å². The van der Waals surface area contributed by atoms with Crippen molar-refractivity contribution in [1.29, 1.82) is 0 Å². The van der Waals surface area contributed by atoms with Gasteiger partial charge in [0.25, 0.3) is 0 Å². The summed E-state index contributed by atoms with van der Waals surface area (Å²) in [5.74, 6) is 0. The first-order chi connectivity index (χ1) is 7.93. The molecule has 0 aliphatic heterocycles. The quantitative estimate of drug-likeness (QED) is 0.722. The summed E-state index contributed by atoms with van der Waals surface area (Å²) in [4.78, 5) is 0. The second kappa shape index (κ2) is 7.11. The Balaban J connectivity index is 0.00000324. The molecule has 1 nitrogen and oxygen atoms in total. The molecule has 1 aliphatic carbocycles. The molecule has 0 aromatic rings. The molecule has 0 spiro atoms. The summed E-state index contributed by atoms with van der Waals surface area (Å²) in [5, 5.41) is 0.102. The van der Waals surface area contributed by atoms with Crippen LogP contribution in [0.5, 0.6) is 0 Å². The summed E-state index contributed by atoms with van der Waals surface area (Å²) in [6.45, 7) is 5.91. The van der Waals surface area contributed by atoms with Gasteiger partial charge in [-0.15, -0.1) is 11.5 Å². The van der Waals surface area contributed by atoms with Crippen LogP contribution in [-0.2, 0) is 4.43 Å². The number of halogens is 3. The van der Waals surface area contributed by atoms with Crippen LogP contribution < -0.4 is 51.4 Å². The third kappa shape index (κ3) is 5.96. The zero-order valence-electron chi connectivity index (χ0n) is 12.9. The summed E-state index contributed by atoms with van der Waals surface area (Å²) >= 11 is 0. The molecule has 19 heavy (non-hydrogen) atoms. The van der Waals surface area contributed by atoms with Crippen molar-refractivity contribution in [2.75, 3.05) is 0 Å². The maximum Gasteiger partial charge on any atom is 1.00 e. The van der Waals surface area contributed by atoms with Crippen LogP contribution in [-0.4, -0.2) is 21.4 Å². The van der Waals surface area contributed by atoms with Crippen LogP contribution in [0.25, 0.3) is 0 Å². The fraction of sp³-hybridized carbons (Fsp3) is 0.833. The van der Waals surface area contributed by atoms with Gasteiger partial charge < -0.3 is 17.4 Å². The monoisotopic (exact) mass is 318 g/mol. The first kappa shape index (κ1) is 20.4. The van der Waals surface area contributed by atoms with Crippen molar-refractivity contribution in [3.63, 3.8) is 0 Å². The van der Waals surface area contributed by atoms with E-state index in [9.17, 15) is 12.9 Å². The molecule has 0 heterocycles. The van der Waals surface area contributed by atoms with Gasteiger partial charge in [-0.05, 0) is 31.0 Å². The van der Waals surface area contributed by atoms with Crippen LogP contribution in [0, 0.1) is 0 Å². The van der Waals surface area contributed by atoms with E-state index in [2.05, 4.69) is 33.9 Å². The van der Waals surface area contributed by atoms with Gasteiger partial charge >= 0.3 is 58.4 Å². The van der Waals surface area contributed by atoms with Crippen molar-refractivity contribution in [2.24, 2.45) is 0 Å². The van der Waals surface area contributed by atoms with E-state index >= 15 is 0 Å². The van der Waals surface area contributed by atoms with Crippen LogP contribution in [0.3, 0.4) is 0 Å². The molecule has 0 fully saturated rings. The van der Waals surface area contributed by atoms with E-state index in [4.69, 9.17) is 4.43 Å². The van der Waals surface area contributed by atoms with Crippen molar-refractivity contribution >= 4 is 15.3 Å². The van der Waals surface area contributed by atoms with Crippen LogP contribution in [0.1, 0.15) is 40.0 Å². The summed E-state index contributed by atoms with van der Waals surface area (Å²) in [6.07, 6.45) is 2.32. The molecule has 0 radical (unpaired) electrons. The maximum absolute atomic E-state index is 12.6. The zero-order chi connectivity index (χ0) is 14.2. The molecule has 0 bridgehead atoms. The molecule has 0 aromatic carbocycles. The number of rotatable bonds is 3. The molecular weight excluding hydrogens is 295 g/mol. The van der Waals surface area contributed by atoms with Crippen molar-refractivity contribution in [2.45, 2.75) is 64.3 Å². The Bertz CT molecular complexity index is 337. The Morgan fingerprint density at radius 1 is 1.26 bits per heavy atom. The van der Waals surface area contributed by atoms with E-state index in [1.54, 1.807) is 0 Å².